The van der Waals surface area contributed by atoms with Crippen LogP contribution >= 0.6 is 11.3 Å². The van der Waals surface area contributed by atoms with Crippen LogP contribution in [0.5, 0.6) is 0 Å². The first kappa shape index (κ1) is 15.7. The van der Waals surface area contributed by atoms with E-state index in [1.54, 1.807) is 11.3 Å². The summed E-state index contributed by atoms with van der Waals surface area (Å²) in [6.07, 6.45) is 0. The van der Waals surface area contributed by atoms with Gasteiger partial charge in [0.15, 0.2) is 5.13 Å². The second-order valence-electron chi connectivity index (χ2n) is 6.35. The van der Waals surface area contributed by atoms with Crippen LogP contribution in [0.4, 0.5) is 5.13 Å². The highest BCUT2D eigenvalue weighted by atomic mass is 32.1. The number of hydrogen-bond donors (Lipinski definition) is 1. The summed E-state index contributed by atoms with van der Waals surface area (Å²) in [5, 5.41) is 11.4. The van der Waals surface area contributed by atoms with Crippen LogP contribution in [0.25, 0.3) is 0 Å². The molecule has 1 saturated heterocycles. The molecule has 0 unspecified atom stereocenters. The number of thiazole rings is 1. The molecule has 2 rings (SSSR count). The van der Waals surface area contributed by atoms with E-state index < -0.39 is 5.60 Å². The van der Waals surface area contributed by atoms with Crippen molar-refractivity contribution in [1.29, 1.82) is 0 Å². The lowest BCUT2D eigenvalue weighted by Crippen LogP contribution is -2.46. The second-order valence-corrected chi connectivity index (χ2v) is 7.32. The molecule has 0 bridgehead atoms. The molecule has 20 heavy (non-hydrogen) atoms. The van der Waals surface area contributed by atoms with Gasteiger partial charge in [0.1, 0.15) is 0 Å². The Kier molecular flexibility index (Phi) is 4.72. The molecule has 0 amide bonds. The Labute approximate surface area is 126 Å². The zero-order valence-electron chi connectivity index (χ0n) is 13.3. The van der Waals surface area contributed by atoms with Gasteiger partial charge in [0, 0.05) is 26.2 Å². The number of piperazine rings is 1. The highest BCUT2D eigenvalue weighted by Gasteiger charge is 2.28. The van der Waals surface area contributed by atoms with E-state index in [1.807, 2.05) is 13.8 Å². The van der Waals surface area contributed by atoms with E-state index in [9.17, 15) is 5.11 Å². The lowest BCUT2D eigenvalue weighted by Gasteiger charge is -2.33. The molecule has 1 aromatic heterocycles. The summed E-state index contributed by atoms with van der Waals surface area (Å²) < 4.78 is 0. The third kappa shape index (κ3) is 3.32. The van der Waals surface area contributed by atoms with Crippen LogP contribution < -0.4 is 4.90 Å². The van der Waals surface area contributed by atoms with E-state index in [4.69, 9.17) is 4.98 Å². The Balaban J connectivity index is 2.21. The molecule has 4 nitrogen and oxygen atoms in total. The smallest absolute Gasteiger partial charge is 0.185 e. The first-order valence-corrected chi connectivity index (χ1v) is 8.35. The molecule has 0 aliphatic carbocycles. The Hall–Kier alpha value is -0.650. The van der Waals surface area contributed by atoms with Crippen molar-refractivity contribution >= 4 is 16.5 Å². The molecular formula is C15H27N3OS. The molecule has 114 valence electrons. The predicted molar refractivity (Wildman–Crippen MR) is 85.8 cm³/mol. The maximum atomic E-state index is 10.4. The summed E-state index contributed by atoms with van der Waals surface area (Å²) in [5.41, 5.74) is 0.247. The van der Waals surface area contributed by atoms with Crippen LogP contribution in [-0.2, 0) is 5.60 Å². The van der Waals surface area contributed by atoms with Crippen molar-refractivity contribution in [2.24, 2.45) is 0 Å². The van der Waals surface area contributed by atoms with Gasteiger partial charge < -0.3 is 14.9 Å². The first-order chi connectivity index (χ1) is 9.32. The summed E-state index contributed by atoms with van der Waals surface area (Å²) >= 11 is 1.66. The lowest BCUT2D eigenvalue weighted by molar-refractivity contribution is 0.0811. The van der Waals surface area contributed by atoms with E-state index in [0.29, 0.717) is 5.92 Å². The number of rotatable bonds is 4. The molecule has 1 fully saturated rings. The summed E-state index contributed by atoms with van der Waals surface area (Å²) in [6.45, 7) is 15.6. The number of anilines is 1. The van der Waals surface area contributed by atoms with Gasteiger partial charge in [-0.15, -0.1) is 0 Å². The van der Waals surface area contributed by atoms with Crippen molar-refractivity contribution in [2.45, 2.75) is 46.1 Å². The second kappa shape index (κ2) is 6.00. The largest absolute Gasteiger partial charge is 0.385 e. The number of hydrogen-bond acceptors (Lipinski definition) is 5. The minimum absolute atomic E-state index is 0.346. The fourth-order valence-corrected chi connectivity index (χ4v) is 3.81. The highest BCUT2D eigenvalue weighted by Crippen LogP contribution is 2.37. The summed E-state index contributed by atoms with van der Waals surface area (Å²) in [5.74, 6) is 0.346. The zero-order valence-corrected chi connectivity index (χ0v) is 14.1. The quantitative estimate of drug-likeness (QED) is 0.927. The maximum Gasteiger partial charge on any atom is 0.185 e. The Morgan fingerprint density at radius 2 is 1.85 bits per heavy atom. The SMILES string of the molecule is CCN1CCN(c2nc(C(C)C)c(C(C)(C)O)s2)CC1. The first-order valence-electron chi connectivity index (χ1n) is 7.53. The maximum absolute atomic E-state index is 10.4. The minimum Gasteiger partial charge on any atom is -0.385 e. The Morgan fingerprint density at radius 3 is 2.25 bits per heavy atom. The predicted octanol–water partition coefficient (Wildman–Crippen LogP) is 2.64. The van der Waals surface area contributed by atoms with Gasteiger partial charge in [-0.25, -0.2) is 4.98 Å². The fraction of sp³-hybridized carbons (Fsp3) is 0.800. The third-order valence-corrected chi connectivity index (χ3v) is 5.28. The van der Waals surface area contributed by atoms with Gasteiger partial charge in [0.25, 0.3) is 0 Å². The normalized spacial score (nSPS) is 18.1. The Bertz CT molecular complexity index is 442. The average Bonchev–Trinajstić information content (AvgIpc) is 2.84. The number of aliphatic hydroxyl groups is 1. The molecule has 5 heteroatoms. The fourth-order valence-electron chi connectivity index (χ4n) is 2.54. The summed E-state index contributed by atoms with van der Waals surface area (Å²) in [6, 6.07) is 0. The van der Waals surface area contributed by atoms with Gasteiger partial charge >= 0.3 is 0 Å². The van der Waals surface area contributed by atoms with Crippen LogP contribution in [-0.4, -0.2) is 47.7 Å². The van der Waals surface area contributed by atoms with Crippen molar-refractivity contribution in [3.63, 3.8) is 0 Å². The van der Waals surface area contributed by atoms with Gasteiger partial charge in [0.2, 0.25) is 0 Å². The van der Waals surface area contributed by atoms with Gasteiger partial charge in [0.05, 0.1) is 16.2 Å². The van der Waals surface area contributed by atoms with E-state index in [2.05, 4.69) is 30.6 Å². The third-order valence-electron chi connectivity index (χ3n) is 3.83. The molecule has 0 saturated carbocycles. The molecule has 0 radical (unpaired) electrons. The van der Waals surface area contributed by atoms with Crippen LogP contribution in [0.2, 0.25) is 0 Å². The molecule has 1 aromatic rings. The molecule has 2 heterocycles. The molecule has 1 aliphatic rings. The van der Waals surface area contributed by atoms with E-state index >= 15 is 0 Å². The van der Waals surface area contributed by atoms with Gasteiger partial charge in [-0.2, -0.15) is 0 Å². The molecule has 0 atom stereocenters. The van der Waals surface area contributed by atoms with Crippen molar-refractivity contribution in [1.82, 2.24) is 9.88 Å². The standard InChI is InChI=1S/C15H27N3OS/c1-6-17-7-9-18(10-8-17)14-16-12(11(2)3)13(20-14)15(4,5)19/h11,19H,6-10H2,1-5H3. The van der Waals surface area contributed by atoms with E-state index in [0.717, 1.165) is 48.4 Å². The molecule has 0 spiro atoms. The van der Waals surface area contributed by atoms with Gasteiger partial charge in [-0.3, -0.25) is 0 Å². The van der Waals surface area contributed by atoms with Crippen molar-refractivity contribution in [3.05, 3.63) is 10.6 Å². The summed E-state index contributed by atoms with van der Waals surface area (Å²) in [7, 11) is 0. The van der Waals surface area contributed by atoms with Crippen LogP contribution in [0.15, 0.2) is 0 Å². The van der Waals surface area contributed by atoms with E-state index in [1.165, 1.54) is 0 Å². The van der Waals surface area contributed by atoms with Crippen molar-refractivity contribution in [2.75, 3.05) is 37.6 Å². The van der Waals surface area contributed by atoms with Crippen LogP contribution in [0, 0.1) is 0 Å². The van der Waals surface area contributed by atoms with Gasteiger partial charge in [-0.05, 0) is 26.3 Å². The molecule has 0 aromatic carbocycles. The molecule has 1 aliphatic heterocycles. The van der Waals surface area contributed by atoms with Crippen LogP contribution in [0.3, 0.4) is 0 Å². The average molecular weight is 297 g/mol. The van der Waals surface area contributed by atoms with E-state index in [-0.39, 0.29) is 0 Å². The summed E-state index contributed by atoms with van der Waals surface area (Å²) in [4.78, 5) is 10.7. The monoisotopic (exact) mass is 297 g/mol. The van der Waals surface area contributed by atoms with Crippen LogP contribution in [0.1, 0.15) is 51.1 Å². The number of aromatic nitrogens is 1. The van der Waals surface area contributed by atoms with Gasteiger partial charge in [-0.1, -0.05) is 32.1 Å². The minimum atomic E-state index is -0.805. The Morgan fingerprint density at radius 1 is 1.25 bits per heavy atom. The van der Waals surface area contributed by atoms with Crippen molar-refractivity contribution < 1.29 is 5.11 Å². The molecular weight excluding hydrogens is 270 g/mol. The highest BCUT2D eigenvalue weighted by molar-refractivity contribution is 7.15. The number of nitrogens with zero attached hydrogens (tertiary/aromatic N) is 3. The lowest BCUT2D eigenvalue weighted by atomic mass is 10.0. The topological polar surface area (TPSA) is 39.6 Å². The zero-order chi connectivity index (χ0) is 14.9. The molecule has 1 N–H and O–H groups in total. The van der Waals surface area contributed by atoms with Crippen molar-refractivity contribution in [3.8, 4) is 0 Å². The number of likely N-dealkylation sites (N-methyl/N-ethyl adjacent to an activating group) is 1.